The minimum atomic E-state index is 0.582. The van der Waals surface area contributed by atoms with Gasteiger partial charge >= 0.3 is 0 Å². The fraction of sp³-hybridized carbons (Fsp3) is 0. The molecule has 3 heterocycles. The first-order valence-corrected chi connectivity index (χ1v) is 18.8. The number of hydrogen-bond acceptors (Lipinski definition) is 4. The average Bonchev–Trinajstić information content (AvgIpc) is 3.83. The molecule has 0 unspecified atom stereocenters. The first-order valence-electron chi connectivity index (χ1n) is 18.8. The molecule has 0 bridgehead atoms. The molecule has 0 radical (unpaired) electrons. The van der Waals surface area contributed by atoms with E-state index in [-0.39, 0.29) is 0 Å². The lowest BCUT2D eigenvalue weighted by atomic mass is 9.98. The third-order valence-electron chi connectivity index (χ3n) is 10.7. The Hall–Kier alpha value is -7.63. The Morgan fingerprint density at radius 1 is 0.339 bits per heavy atom. The van der Waals surface area contributed by atoms with Crippen LogP contribution in [0.1, 0.15) is 0 Å². The molecule has 3 aromatic heterocycles. The second-order valence-corrected chi connectivity index (χ2v) is 14.0. The highest BCUT2D eigenvalue weighted by Crippen LogP contribution is 2.41. The summed E-state index contributed by atoms with van der Waals surface area (Å²) in [5.74, 6) is 1.80. The van der Waals surface area contributed by atoms with Gasteiger partial charge in [-0.15, -0.1) is 0 Å². The summed E-state index contributed by atoms with van der Waals surface area (Å²) in [6.07, 6.45) is 0. The Morgan fingerprint density at radius 2 is 0.911 bits per heavy atom. The molecule has 5 heteroatoms. The number of hydrogen-bond donors (Lipinski definition) is 0. The van der Waals surface area contributed by atoms with Crippen molar-refractivity contribution < 1.29 is 4.42 Å². The second-order valence-electron chi connectivity index (χ2n) is 14.0. The monoisotopic (exact) mass is 716 g/mol. The lowest BCUT2D eigenvalue weighted by Crippen LogP contribution is -2.04. The van der Waals surface area contributed by atoms with Crippen LogP contribution in [-0.4, -0.2) is 19.5 Å². The Morgan fingerprint density at radius 3 is 1.64 bits per heavy atom. The topological polar surface area (TPSA) is 56.7 Å². The summed E-state index contributed by atoms with van der Waals surface area (Å²) in [5, 5.41) is 4.53. The normalized spacial score (nSPS) is 11.6. The highest BCUT2D eigenvalue weighted by atomic mass is 16.3. The molecule has 11 aromatic rings. The number of benzene rings is 8. The van der Waals surface area contributed by atoms with Crippen LogP contribution in [0.2, 0.25) is 0 Å². The van der Waals surface area contributed by atoms with Crippen LogP contribution >= 0.6 is 0 Å². The van der Waals surface area contributed by atoms with Gasteiger partial charge in [0.2, 0.25) is 0 Å². The molecule has 0 aliphatic rings. The van der Waals surface area contributed by atoms with Crippen LogP contribution < -0.4 is 0 Å². The molecular formula is C51H32N4O. The van der Waals surface area contributed by atoms with Gasteiger partial charge in [0.1, 0.15) is 11.2 Å². The van der Waals surface area contributed by atoms with E-state index in [0.717, 1.165) is 66.5 Å². The number of fused-ring (bicyclic) bond motifs is 6. The summed E-state index contributed by atoms with van der Waals surface area (Å²) in [6.45, 7) is 0. The maximum atomic E-state index is 6.56. The lowest BCUT2D eigenvalue weighted by molar-refractivity contribution is 0.670. The van der Waals surface area contributed by atoms with E-state index in [1.807, 2.05) is 72.8 Å². The van der Waals surface area contributed by atoms with Gasteiger partial charge in [0.05, 0.1) is 16.7 Å². The van der Waals surface area contributed by atoms with Crippen molar-refractivity contribution >= 4 is 43.7 Å². The third kappa shape index (κ3) is 5.29. The highest BCUT2D eigenvalue weighted by Gasteiger charge is 2.22. The molecule has 0 saturated heterocycles. The zero-order valence-electron chi connectivity index (χ0n) is 30.2. The minimum absolute atomic E-state index is 0.582. The fourth-order valence-electron chi connectivity index (χ4n) is 8.02. The van der Waals surface area contributed by atoms with Gasteiger partial charge in [-0.2, -0.15) is 0 Å². The Labute approximate surface area is 322 Å². The van der Waals surface area contributed by atoms with Gasteiger partial charge < -0.3 is 8.98 Å². The molecule has 0 aliphatic heterocycles. The molecule has 56 heavy (non-hydrogen) atoms. The van der Waals surface area contributed by atoms with E-state index in [1.54, 1.807) is 0 Å². The third-order valence-corrected chi connectivity index (χ3v) is 10.7. The van der Waals surface area contributed by atoms with Crippen LogP contribution in [0.4, 0.5) is 0 Å². The standard InChI is InChI=1S/C51H32N4O/c1-4-15-33(16-5-1)36-27-29-45-42(31-36)39-21-10-12-25-44(39)55(45)46-30-28-37(38-23-14-24-41-40-22-11-13-26-47(40)56-48(38)41)32-43(46)51-53-49(34-17-6-2-7-18-34)52-50(54-51)35-19-8-3-9-20-35/h1-32H. The van der Waals surface area contributed by atoms with Crippen molar-refractivity contribution in [2.45, 2.75) is 0 Å². The summed E-state index contributed by atoms with van der Waals surface area (Å²) < 4.78 is 8.91. The van der Waals surface area contributed by atoms with E-state index in [4.69, 9.17) is 19.4 Å². The smallest absolute Gasteiger partial charge is 0.166 e. The molecule has 0 amide bonds. The van der Waals surface area contributed by atoms with Crippen LogP contribution in [0, 0.1) is 0 Å². The van der Waals surface area contributed by atoms with Crippen LogP contribution in [0.15, 0.2) is 199 Å². The van der Waals surface area contributed by atoms with Crippen LogP contribution in [0.25, 0.3) is 106 Å². The van der Waals surface area contributed by atoms with Crippen molar-refractivity contribution in [2.24, 2.45) is 0 Å². The van der Waals surface area contributed by atoms with E-state index in [0.29, 0.717) is 17.5 Å². The van der Waals surface area contributed by atoms with Crippen molar-refractivity contribution in [3.05, 3.63) is 194 Å². The number of para-hydroxylation sites is 3. The van der Waals surface area contributed by atoms with E-state index >= 15 is 0 Å². The largest absolute Gasteiger partial charge is 0.455 e. The first-order chi connectivity index (χ1) is 27.8. The quantitative estimate of drug-likeness (QED) is 0.172. The number of furan rings is 1. The van der Waals surface area contributed by atoms with E-state index in [9.17, 15) is 0 Å². The fourth-order valence-corrected chi connectivity index (χ4v) is 8.02. The predicted molar refractivity (Wildman–Crippen MR) is 229 cm³/mol. The zero-order chi connectivity index (χ0) is 37.0. The maximum Gasteiger partial charge on any atom is 0.166 e. The Kier molecular flexibility index (Phi) is 7.42. The van der Waals surface area contributed by atoms with Gasteiger partial charge in [0.25, 0.3) is 0 Å². The van der Waals surface area contributed by atoms with Crippen LogP contribution in [0.5, 0.6) is 0 Å². The molecule has 0 N–H and O–H groups in total. The minimum Gasteiger partial charge on any atom is -0.455 e. The summed E-state index contributed by atoms with van der Waals surface area (Å²) in [5.41, 5.74) is 12.0. The van der Waals surface area contributed by atoms with E-state index < -0.39 is 0 Å². The van der Waals surface area contributed by atoms with Gasteiger partial charge in [0, 0.05) is 43.8 Å². The second kappa shape index (κ2) is 13.0. The van der Waals surface area contributed by atoms with Crippen molar-refractivity contribution in [3.8, 4) is 62.1 Å². The van der Waals surface area contributed by atoms with Crippen LogP contribution in [0.3, 0.4) is 0 Å². The lowest BCUT2D eigenvalue weighted by Gasteiger charge is -2.16. The molecule has 0 atom stereocenters. The Balaban J connectivity index is 1.21. The number of nitrogens with zero attached hydrogens (tertiary/aromatic N) is 4. The molecule has 11 rings (SSSR count). The summed E-state index contributed by atoms with van der Waals surface area (Å²) in [6, 6.07) is 67.4. The Bertz CT molecular complexity index is 3180. The van der Waals surface area contributed by atoms with Crippen molar-refractivity contribution in [1.29, 1.82) is 0 Å². The number of rotatable bonds is 6. The molecule has 262 valence electrons. The van der Waals surface area contributed by atoms with Crippen molar-refractivity contribution in [1.82, 2.24) is 19.5 Å². The molecule has 0 fully saturated rings. The van der Waals surface area contributed by atoms with Gasteiger partial charge in [-0.25, -0.2) is 15.0 Å². The first kappa shape index (κ1) is 31.9. The predicted octanol–water partition coefficient (Wildman–Crippen LogP) is 13.2. The molecule has 8 aromatic carbocycles. The molecule has 0 spiro atoms. The van der Waals surface area contributed by atoms with Gasteiger partial charge in [-0.3, -0.25) is 0 Å². The van der Waals surface area contributed by atoms with Gasteiger partial charge in [-0.05, 0) is 53.1 Å². The highest BCUT2D eigenvalue weighted by molar-refractivity contribution is 6.12. The zero-order valence-corrected chi connectivity index (χ0v) is 30.2. The molecule has 5 nitrogen and oxygen atoms in total. The van der Waals surface area contributed by atoms with Crippen molar-refractivity contribution in [3.63, 3.8) is 0 Å². The maximum absolute atomic E-state index is 6.56. The molecule has 0 aliphatic carbocycles. The SMILES string of the molecule is c1ccc(-c2ccc3c(c2)c2ccccc2n3-c2ccc(-c3cccc4c3oc3ccccc34)cc2-c2nc(-c3ccccc3)nc(-c3ccccc3)n2)cc1. The van der Waals surface area contributed by atoms with Gasteiger partial charge in [0.15, 0.2) is 17.5 Å². The van der Waals surface area contributed by atoms with Crippen LogP contribution in [-0.2, 0) is 0 Å². The van der Waals surface area contributed by atoms with Gasteiger partial charge in [-0.1, -0.05) is 158 Å². The summed E-state index contributed by atoms with van der Waals surface area (Å²) in [7, 11) is 0. The van der Waals surface area contributed by atoms with Crippen molar-refractivity contribution in [2.75, 3.05) is 0 Å². The average molecular weight is 717 g/mol. The number of aromatic nitrogens is 4. The summed E-state index contributed by atoms with van der Waals surface area (Å²) >= 11 is 0. The van der Waals surface area contributed by atoms with E-state index in [2.05, 4.69) is 126 Å². The molecule has 0 saturated carbocycles. The van der Waals surface area contributed by atoms with E-state index in [1.165, 1.54) is 21.9 Å². The summed E-state index contributed by atoms with van der Waals surface area (Å²) in [4.78, 5) is 15.5. The molecular weight excluding hydrogens is 685 g/mol.